The lowest BCUT2D eigenvalue weighted by atomic mass is 9.73. The molecule has 0 aromatic heterocycles. The van der Waals surface area contributed by atoms with Crippen LogP contribution in [0.2, 0.25) is 0 Å². The van der Waals surface area contributed by atoms with Crippen molar-refractivity contribution in [1.29, 1.82) is 0 Å². The van der Waals surface area contributed by atoms with Gasteiger partial charge in [-0.25, -0.2) is 0 Å². The molecule has 118 valence electrons. The highest BCUT2D eigenvalue weighted by atomic mass is 15.1. The number of likely N-dealkylation sites (tertiary alicyclic amines) is 1. The Bertz CT molecular complexity index is 277. The lowest BCUT2D eigenvalue weighted by Crippen LogP contribution is -2.46. The van der Waals surface area contributed by atoms with Crippen molar-refractivity contribution in [1.82, 2.24) is 10.2 Å². The Kier molecular flexibility index (Phi) is 6.35. The molecular weight excluding hydrogens is 244 g/mol. The highest BCUT2D eigenvalue weighted by Crippen LogP contribution is 2.35. The molecule has 0 spiro atoms. The van der Waals surface area contributed by atoms with E-state index in [-0.39, 0.29) is 0 Å². The predicted molar refractivity (Wildman–Crippen MR) is 88.0 cm³/mol. The molecule has 1 saturated carbocycles. The summed E-state index contributed by atoms with van der Waals surface area (Å²) in [6.07, 6.45) is 6.96. The molecule has 1 heterocycles. The molecule has 1 saturated heterocycles. The molecule has 1 aliphatic heterocycles. The Morgan fingerprint density at radius 3 is 2.60 bits per heavy atom. The van der Waals surface area contributed by atoms with E-state index in [1.54, 1.807) is 0 Å². The Morgan fingerprint density at radius 2 is 2.00 bits per heavy atom. The second kappa shape index (κ2) is 7.79. The fourth-order valence-electron chi connectivity index (χ4n) is 4.23. The van der Waals surface area contributed by atoms with Gasteiger partial charge < -0.3 is 10.2 Å². The minimum absolute atomic E-state index is 0.779. The zero-order chi connectivity index (χ0) is 14.5. The van der Waals surface area contributed by atoms with Crippen LogP contribution < -0.4 is 5.32 Å². The van der Waals surface area contributed by atoms with Crippen LogP contribution in [0.3, 0.4) is 0 Å². The van der Waals surface area contributed by atoms with Gasteiger partial charge in [-0.3, -0.25) is 0 Å². The molecule has 1 aliphatic carbocycles. The highest BCUT2D eigenvalue weighted by molar-refractivity contribution is 4.88. The van der Waals surface area contributed by atoms with Crippen molar-refractivity contribution in [3.8, 4) is 0 Å². The van der Waals surface area contributed by atoms with Gasteiger partial charge in [0.15, 0.2) is 0 Å². The third-order valence-electron chi connectivity index (χ3n) is 5.62. The molecule has 0 bridgehead atoms. The molecule has 4 unspecified atom stereocenters. The molecule has 0 aromatic carbocycles. The van der Waals surface area contributed by atoms with Crippen LogP contribution in [0.5, 0.6) is 0 Å². The summed E-state index contributed by atoms with van der Waals surface area (Å²) in [4.78, 5) is 2.73. The average molecular weight is 280 g/mol. The van der Waals surface area contributed by atoms with Gasteiger partial charge in [-0.05, 0) is 68.9 Å². The molecule has 2 aliphatic rings. The van der Waals surface area contributed by atoms with Gasteiger partial charge in [0.05, 0.1) is 0 Å². The Labute approximate surface area is 126 Å². The van der Waals surface area contributed by atoms with Crippen LogP contribution in [-0.4, -0.2) is 37.1 Å². The van der Waals surface area contributed by atoms with Crippen LogP contribution in [0, 0.1) is 23.7 Å². The van der Waals surface area contributed by atoms with Crippen molar-refractivity contribution in [3.63, 3.8) is 0 Å². The SMILES string of the molecule is CCCNC1CCC(C(C)C)CC1CN1CCC(C)C1. The molecular formula is C18H36N2. The van der Waals surface area contributed by atoms with Gasteiger partial charge in [0.25, 0.3) is 0 Å². The van der Waals surface area contributed by atoms with Crippen LogP contribution in [0.15, 0.2) is 0 Å². The van der Waals surface area contributed by atoms with Crippen molar-refractivity contribution in [2.45, 2.75) is 65.8 Å². The maximum absolute atomic E-state index is 3.84. The number of nitrogens with one attached hydrogen (secondary N) is 1. The second-order valence-corrected chi connectivity index (χ2v) is 7.79. The van der Waals surface area contributed by atoms with Crippen molar-refractivity contribution in [2.75, 3.05) is 26.2 Å². The zero-order valence-electron chi connectivity index (χ0n) is 14.2. The van der Waals surface area contributed by atoms with E-state index in [1.807, 2.05) is 0 Å². The Hall–Kier alpha value is -0.0800. The van der Waals surface area contributed by atoms with Crippen LogP contribution in [0.4, 0.5) is 0 Å². The molecule has 20 heavy (non-hydrogen) atoms. The van der Waals surface area contributed by atoms with Gasteiger partial charge in [0.2, 0.25) is 0 Å². The van der Waals surface area contributed by atoms with Gasteiger partial charge >= 0.3 is 0 Å². The first-order valence-corrected chi connectivity index (χ1v) is 9.05. The van der Waals surface area contributed by atoms with Crippen molar-refractivity contribution in [2.24, 2.45) is 23.7 Å². The summed E-state index contributed by atoms with van der Waals surface area (Å²) in [5, 5.41) is 3.84. The van der Waals surface area contributed by atoms with Crippen molar-refractivity contribution < 1.29 is 0 Å². The van der Waals surface area contributed by atoms with E-state index in [0.717, 1.165) is 29.7 Å². The normalized spacial score (nSPS) is 35.9. The summed E-state index contributed by atoms with van der Waals surface area (Å²) in [7, 11) is 0. The first-order valence-electron chi connectivity index (χ1n) is 9.05. The molecule has 2 fully saturated rings. The fraction of sp³-hybridized carbons (Fsp3) is 1.00. The Balaban J connectivity index is 1.90. The van der Waals surface area contributed by atoms with E-state index >= 15 is 0 Å². The summed E-state index contributed by atoms with van der Waals surface area (Å²) < 4.78 is 0. The summed E-state index contributed by atoms with van der Waals surface area (Å²) in [6.45, 7) is 14.7. The van der Waals surface area contributed by atoms with Gasteiger partial charge in [-0.2, -0.15) is 0 Å². The van der Waals surface area contributed by atoms with Gasteiger partial charge in [-0.1, -0.05) is 27.7 Å². The molecule has 0 amide bonds. The van der Waals surface area contributed by atoms with Crippen LogP contribution in [0.1, 0.15) is 59.8 Å². The molecule has 0 aromatic rings. The molecule has 2 heteroatoms. The van der Waals surface area contributed by atoms with E-state index in [2.05, 4.69) is 37.9 Å². The van der Waals surface area contributed by atoms with Gasteiger partial charge in [-0.15, -0.1) is 0 Å². The second-order valence-electron chi connectivity index (χ2n) is 7.79. The molecule has 1 N–H and O–H groups in total. The first kappa shape index (κ1) is 16.3. The van der Waals surface area contributed by atoms with E-state index in [0.29, 0.717) is 0 Å². The van der Waals surface area contributed by atoms with Crippen LogP contribution in [-0.2, 0) is 0 Å². The van der Waals surface area contributed by atoms with Gasteiger partial charge in [0.1, 0.15) is 0 Å². The summed E-state index contributed by atoms with van der Waals surface area (Å²) >= 11 is 0. The molecule has 4 atom stereocenters. The lowest BCUT2D eigenvalue weighted by Gasteiger charge is -2.40. The first-order chi connectivity index (χ1) is 9.60. The summed E-state index contributed by atoms with van der Waals surface area (Å²) in [6, 6.07) is 0.779. The van der Waals surface area contributed by atoms with Crippen LogP contribution in [0.25, 0.3) is 0 Å². The fourth-order valence-corrected chi connectivity index (χ4v) is 4.23. The topological polar surface area (TPSA) is 15.3 Å². The van der Waals surface area contributed by atoms with Crippen molar-refractivity contribution >= 4 is 0 Å². The largest absolute Gasteiger partial charge is 0.314 e. The average Bonchev–Trinajstić information content (AvgIpc) is 2.82. The standard InChI is InChI=1S/C18H36N2/c1-5-9-19-18-7-6-16(14(2)3)11-17(18)13-20-10-8-15(4)12-20/h14-19H,5-13H2,1-4H3. The smallest absolute Gasteiger partial charge is 0.0108 e. The van der Waals surface area contributed by atoms with E-state index in [1.165, 1.54) is 58.3 Å². The van der Waals surface area contributed by atoms with E-state index < -0.39 is 0 Å². The highest BCUT2D eigenvalue weighted by Gasteiger charge is 2.33. The quantitative estimate of drug-likeness (QED) is 0.797. The number of hydrogen-bond donors (Lipinski definition) is 1. The van der Waals surface area contributed by atoms with Gasteiger partial charge in [0, 0.05) is 19.1 Å². The number of hydrogen-bond acceptors (Lipinski definition) is 2. The molecule has 2 rings (SSSR count). The van der Waals surface area contributed by atoms with Crippen LogP contribution >= 0.6 is 0 Å². The van der Waals surface area contributed by atoms with Crippen molar-refractivity contribution in [3.05, 3.63) is 0 Å². The maximum atomic E-state index is 3.84. The predicted octanol–water partition coefficient (Wildman–Crippen LogP) is 3.77. The van der Waals surface area contributed by atoms with E-state index in [4.69, 9.17) is 0 Å². The summed E-state index contributed by atoms with van der Waals surface area (Å²) in [5.74, 6) is 3.62. The third kappa shape index (κ3) is 4.46. The lowest BCUT2D eigenvalue weighted by molar-refractivity contribution is 0.130. The number of rotatable bonds is 6. The molecule has 0 radical (unpaired) electrons. The molecule has 2 nitrogen and oxygen atoms in total. The minimum atomic E-state index is 0.779. The number of nitrogens with zero attached hydrogens (tertiary/aromatic N) is 1. The summed E-state index contributed by atoms with van der Waals surface area (Å²) in [5.41, 5.74) is 0. The minimum Gasteiger partial charge on any atom is -0.314 e. The maximum Gasteiger partial charge on any atom is 0.0108 e. The zero-order valence-corrected chi connectivity index (χ0v) is 14.2. The monoisotopic (exact) mass is 280 g/mol. The third-order valence-corrected chi connectivity index (χ3v) is 5.62. The Morgan fingerprint density at radius 1 is 1.20 bits per heavy atom. The van der Waals surface area contributed by atoms with E-state index in [9.17, 15) is 0 Å².